The van der Waals surface area contributed by atoms with E-state index < -0.39 is 0 Å². The number of hydrogen-bond acceptors (Lipinski definition) is 5. The van der Waals surface area contributed by atoms with Crippen LogP contribution in [0.2, 0.25) is 0 Å². The molecule has 4 rings (SSSR count). The Morgan fingerprint density at radius 2 is 1.84 bits per heavy atom. The number of amides is 1. The van der Waals surface area contributed by atoms with Crippen LogP contribution in [0.4, 0.5) is 0 Å². The highest BCUT2D eigenvalue weighted by Crippen LogP contribution is 2.22. The predicted molar refractivity (Wildman–Crippen MR) is 128 cm³/mol. The van der Waals surface area contributed by atoms with Crippen LogP contribution in [0.15, 0.2) is 64.5 Å². The van der Waals surface area contributed by atoms with Crippen LogP contribution in [0.5, 0.6) is 0 Å². The Morgan fingerprint density at radius 1 is 1.09 bits per heavy atom. The quantitative estimate of drug-likeness (QED) is 0.393. The third kappa shape index (κ3) is 4.55. The van der Waals surface area contributed by atoms with Gasteiger partial charge >= 0.3 is 0 Å². The van der Waals surface area contributed by atoms with Crippen molar-refractivity contribution in [2.45, 2.75) is 44.3 Å². The van der Waals surface area contributed by atoms with Crippen LogP contribution >= 0.6 is 11.8 Å². The van der Waals surface area contributed by atoms with E-state index in [4.69, 9.17) is 0 Å². The van der Waals surface area contributed by atoms with Crippen LogP contribution in [-0.4, -0.2) is 37.4 Å². The van der Waals surface area contributed by atoms with Crippen molar-refractivity contribution in [3.05, 3.63) is 70.5 Å². The maximum atomic E-state index is 13.0. The van der Waals surface area contributed by atoms with Crippen molar-refractivity contribution in [1.29, 1.82) is 0 Å². The van der Waals surface area contributed by atoms with Crippen molar-refractivity contribution in [2.24, 2.45) is 0 Å². The van der Waals surface area contributed by atoms with Gasteiger partial charge in [-0.25, -0.2) is 0 Å². The molecule has 8 heteroatoms. The van der Waals surface area contributed by atoms with Gasteiger partial charge in [-0.05, 0) is 30.0 Å². The number of nitrogens with one attached hydrogen (secondary N) is 1. The van der Waals surface area contributed by atoms with Crippen molar-refractivity contribution in [2.75, 3.05) is 12.3 Å². The number of para-hydroxylation sites is 1. The second-order valence-electron chi connectivity index (χ2n) is 7.85. The van der Waals surface area contributed by atoms with E-state index in [-0.39, 0.29) is 23.1 Å². The molecule has 0 radical (unpaired) electrons. The Kier molecular flexibility index (Phi) is 6.90. The molecule has 1 amide bonds. The van der Waals surface area contributed by atoms with E-state index in [0.29, 0.717) is 29.4 Å². The number of rotatable bonds is 9. The smallest absolute Gasteiger partial charge is 0.262 e. The van der Waals surface area contributed by atoms with Gasteiger partial charge in [0.2, 0.25) is 11.7 Å². The van der Waals surface area contributed by atoms with E-state index in [1.807, 2.05) is 46.9 Å². The van der Waals surface area contributed by atoms with Crippen molar-refractivity contribution < 1.29 is 4.79 Å². The summed E-state index contributed by atoms with van der Waals surface area (Å²) in [4.78, 5) is 25.5. The highest BCUT2D eigenvalue weighted by molar-refractivity contribution is 7.99. The summed E-state index contributed by atoms with van der Waals surface area (Å²) in [5.74, 6) is 0.918. The molecule has 0 aliphatic rings. The SMILES string of the molecule is CCCCn1c(=O)c2ccccc2n2c(SCC(=O)NCC(C)c3ccccc3)nnc12. The van der Waals surface area contributed by atoms with Crippen LogP contribution < -0.4 is 10.9 Å². The Balaban J connectivity index is 1.53. The predicted octanol–water partition coefficient (Wildman–Crippen LogP) is 3.86. The Bertz CT molecular complexity index is 1280. The average molecular weight is 450 g/mol. The van der Waals surface area contributed by atoms with Crippen LogP contribution in [0.1, 0.15) is 38.2 Å². The average Bonchev–Trinajstić information content (AvgIpc) is 3.25. The monoisotopic (exact) mass is 449 g/mol. The van der Waals surface area contributed by atoms with Gasteiger partial charge in [0.1, 0.15) is 0 Å². The summed E-state index contributed by atoms with van der Waals surface area (Å²) < 4.78 is 3.57. The lowest BCUT2D eigenvalue weighted by molar-refractivity contribution is -0.118. The minimum absolute atomic E-state index is 0.0573. The molecule has 4 aromatic rings. The van der Waals surface area contributed by atoms with Crippen molar-refractivity contribution >= 4 is 34.3 Å². The van der Waals surface area contributed by atoms with Gasteiger partial charge in [-0.15, -0.1) is 10.2 Å². The maximum Gasteiger partial charge on any atom is 0.262 e. The van der Waals surface area contributed by atoms with Gasteiger partial charge < -0.3 is 5.32 Å². The highest BCUT2D eigenvalue weighted by atomic mass is 32.2. The number of hydrogen-bond donors (Lipinski definition) is 1. The van der Waals surface area contributed by atoms with Crippen LogP contribution in [0.3, 0.4) is 0 Å². The zero-order valence-corrected chi connectivity index (χ0v) is 19.1. The molecule has 0 saturated heterocycles. The molecule has 2 aromatic carbocycles. The number of benzene rings is 2. The Labute approximate surface area is 190 Å². The number of carbonyl (C=O) groups excluding carboxylic acids is 1. The Morgan fingerprint density at radius 3 is 2.62 bits per heavy atom. The molecule has 1 N–H and O–H groups in total. The van der Waals surface area contributed by atoms with Gasteiger partial charge in [-0.1, -0.05) is 74.5 Å². The maximum absolute atomic E-state index is 13.0. The Hall–Kier alpha value is -3.13. The zero-order valence-electron chi connectivity index (χ0n) is 18.3. The number of carbonyl (C=O) groups is 1. The molecule has 0 aliphatic heterocycles. The molecule has 2 aromatic heterocycles. The number of fused-ring (bicyclic) bond motifs is 3. The molecule has 0 bridgehead atoms. The fourth-order valence-corrected chi connectivity index (χ4v) is 4.46. The van der Waals surface area contributed by atoms with E-state index in [9.17, 15) is 9.59 Å². The van der Waals surface area contributed by atoms with Gasteiger partial charge in [0, 0.05) is 13.1 Å². The molecule has 32 heavy (non-hydrogen) atoms. The zero-order chi connectivity index (χ0) is 22.5. The fourth-order valence-electron chi connectivity index (χ4n) is 3.69. The third-order valence-corrected chi connectivity index (χ3v) is 6.45. The molecule has 0 saturated carbocycles. The molecule has 166 valence electrons. The summed E-state index contributed by atoms with van der Waals surface area (Å²) >= 11 is 1.33. The first-order valence-corrected chi connectivity index (χ1v) is 11.9. The van der Waals surface area contributed by atoms with E-state index in [1.165, 1.54) is 17.3 Å². The van der Waals surface area contributed by atoms with Crippen molar-refractivity contribution in [3.8, 4) is 0 Å². The third-order valence-electron chi connectivity index (χ3n) is 5.52. The fraction of sp³-hybridized carbons (Fsp3) is 0.333. The first kappa shape index (κ1) is 22.1. The number of nitrogens with zero attached hydrogens (tertiary/aromatic N) is 4. The summed E-state index contributed by atoms with van der Waals surface area (Å²) in [5, 5.41) is 12.8. The molecule has 0 fully saturated rings. The minimum Gasteiger partial charge on any atom is -0.355 e. The molecule has 0 spiro atoms. The topological polar surface area (TPSA) is 81.3 Å². The molecular weight excluding hydrogens is 422 g/mol. The molecule has 2 heterocycles. The summed E-state index contributed by atoms with van der Waals surface area (Å²) in [5.41, 5.74) is 1.89. The van der Waals surface area contributed by atoms with Crippen LogP contribution in [0.25, 0.3) is 16.7 Å². The highest BCUT2D eigenvalue weighted by Gasteiger charge is 2.17. The number of unbranched alkanes of at least 4 members (excludes halogenated alkanes) is 1. The second-order valence-corrected chi connectivity index (χ2v) is 8.79. The molecule has 1 unspecified atom stereocenters. The van der Waals surface area contributed by atoms with Gasteiger partial charge in [-0.2, -0.15) is 0 Å². The minimum atomic E-state index is -0.0573. The summed E-state index contributed by atoms with van der Waals surface area (Å²) in [6.45, 7) is 5.34. The molecular formula is C24H27N5O2S. The number of thioether (sulfide) groups is 1. The van der Waals surface area contributed by atoms with E-state index >= 15 is 0 Å². The second kappa shape index (κ2) is 9.99. The molecule has 0 aliphatic carbocycles. The van der Waals surface area contributed by atoms with Crippen molar-refractivity contribution in [3.63, 3.8) is 0 Å². The summed E-state index contributed by atoms with van der Waals surface area (Å²) in [7, 11) is 0. The summed E-state index contributed by atoms with van der Waals surface area (Å²) in [6, 6.07) is 17.6. The van der Waals surface area contributed by atoms with E-state index in [2.05, 4.69) is 41.5 Å². The van der Waals surface area contributed by atoms with E-state index in [0.717, 1.165) is 18.4 Å². The normalized spacial score (nSPS) is 12.3. The molecule has 1 atom stereocenters. The molecule has 7 nitrogen and oxygen atoms in total. The van der Waals surface area contributed by atoms with Crippen LogP contribution in [-0.2, 0) is 11.3 Å². The standard InChI is InChI=1S/C24H27N5O2S/c1-3-4-14-28-22(31)19-12-8-9-13-20(19)29-23(28)26-27-24(29)32-16-21(30)25-15-17(2)18-10-6-5-7-11-18/h5-13,17H,3-4,14-16H2,1-2H3,(H,25,30). The van der Waals surface area contributed by atoms with Crippen molar-refractivity contribution in [1.82, 2.24) is 24.5 Å². The first-order valence-electron chi connectivity index (χ1n) is 10.9. The number of aromatic nitrogens is 4. The van der Waals surface area contributed by atoms with Gasteiger partial charge in [0.15, 0.2) is 5.16 Å². The largest absolute Gasteiger partial charge is 0.355 e. The van der Waals surface area contributed by atoms with Gasteiger partial charge in [0.25, 0.3) is 5.56 Å². The van der Waals surface area contributed by atoms with Crippen LogP contribution in [0, 0.1) is 0 Å². The first-order chi connectivity index (χ1) is 15.6. The van der Waals surface area contributed by atoms with Gasteiger partial charge in [0.05, 0.1) is 16.7 Å². The lowest BCUT2D eigenvalue weighted by atomic mass is 10.0. The number of aryl methyl sites for hydroxylation is 1. The van der Waals surface area contributed by atoms with E-state index in [1.54, 1.807) is 4.57 Å². The lowest BCUT2D eigenvalue weighted by Crippen LogP contribution is -2.29. The summed E-state index contributed by atoms with van der Waals surface area (Å²) in [6.07, 6.45) is 1.86. The van der Waals surface area contributed by atoms with Gasteiger partial charge in [-0.3, -0.25) is 18.6 Å². The lowest BCUT2D eigenvalue weighted by Gasteiger charge is -2.13.